The molecule has 2 rings (SSSR count). The molecule has 0 saturated carbocycles. The number of benzene rings is 1. The van der Waals surface area contributed by atoms with Crippen LogP contribution >= 0.6 is 0 Å². The van der Waals surface area contributed by atoms with Gasteiger partial charge in [0.1, 0.15) is 5.76 Å². The van der Waals surface area contributed by atoms with Crippen molar-refractivity contribution in [1.82, 2.24) is 9.62 Å². The number of carbonyl (C=O) groups is 1. The smallest absolute Gasteiger partial charge is 0.233 e. The van der Waals surface area contributed by atoms with E-state index in [1.165, 1.54) is 11.0 Å². The van der Waals surface area contributed by atoms with Crippen LogP contribution in [0.4, 0.5) is 0 Å². The number of nitrogens with one attached hydrogen (secondary N) is 1. The number of rotatable bonds is 8. The number of hydrogen-bond acceptors (Lipinski definition) is 4. The van der Waals surface area contributed by atoms with Crippen molar-refractivity contribution in [3.8, 4) is 0 Å². The third kappa shape index (κ3) is 5.88. The van der Waals surface area contributed by atoms with Crippen LogP contribution in [0.5, 0.6) is 0 Å². The van der Waals surface area contributed by atoms with Crippen LogP contribution in [-0.2, 0) is 14.8 Å². The van der Waals surface area contributed by atoms with Gasteiger partial charge in [0, 0.05) is 25.4 Å². The third-order valence-corrected chi connectivity index (χ3v) is 4.91. The zero-order valence-corrected chi connectivity index (χ0v) is 15.1. The lowest BCUT2D eigenvalue weighted by atomic mass is 10.2. The molecule has 0 aliphatic carbocycles. The molecule has 0 bridgehead atoms. The van der Waals surface area contributed by atoms with E-state index in [0.29, 0.717) is 5.76 Å². The van der Waals surface area contributed by atoms with E-state index in [0.717, 1.165) is 11.0 Å². The molecule has 1 N–H and O–H groups in total. The molecule has 1 amide bonds. The van der Waals surface area contributed by atoms with E-state index in [2.05, 4.69) is 4.72 Å². The quantitative estimate of drug-likeness (QED) is 0.783. The Kier molecular flexibility index (Phi) is 6.55. The van der Waals surface area contributed by atoms with Gasteiger partial charge in [-0.3, -0.25) is 4.79 Å². The van der Waals surface area contributed by atoms with Crippen LogP contribution in [0.2, 0.25) is 0 Å². The number of carbonyl (C=O) groups excluding carboxylic acids is 1. The maximum atomic E-state index is 12.2. The standard InChI is InChI=1S/C18H22N2O4S/c1-15(17-9-6-13-24-17)20(2)18(21)10-12-19-25(22,23)14-11-16-7-4-3-5-8-16/h3-9,11,13-15,19H,10,12H2,1-2H3/b14-11+. The maximum Gasteiger partial charge on any atom is 0.233 e. The lowest BCUT2D eigenvalue weighted by Crippen LogP contribution is -2.33. The van der Waals surface area contributed by atoms with Crippen molar-refractivity contribution < 1.29 is 17.6 Å². The fourth-order valence-corrected chi connectivity index (χ4v) is 3.01. The summed E-state index contributed by atoms with van der Waals surface area (Å²) in [6, 6.07) is 12.5. The molecule has 0 aliphatic heterocycles. The number of amides is 1. The number of nitrogens with zero attached hydrogens (tertiary/aromatic N) is 1. The second-order valence-electron chi connectivity index (χ2n) is 5.60. The second-order valence-corrected chi connectivity index (χ2v) is 7.25. The van der Waals surface area contributed by atoms with E-state index < -0.39 is 10.0 Å². The van der Waals surface area contributed by atoms with Crippen molar-refractivity contribution >= 4 is 22.0 Å². The summed E-state index contributed by atoms with van der Waals surface area (Å²) in [7, 11) is -1.92. The molecule has 0 fully saturated rings. The van der Waals surface area contributed by atoms with Crippen LogP contribution in [0.15, 0.2) is 58.6 Å². The predicted molar refractivity (Wildman–Crippen MR) is 96.9 cm³/mol. The number of furan rings is 1. The van der Waals surface area contributed by atoms with Crippen molar-refractivity contribution in [2.75, 3.05) is 13.6 Å². The molecule has 1 aromatic carbocycles. The van der Waals surface area contributed by atoms with Crippen molar-refractivity contribution in [3.63, 3.8) is 0 Å². The molecular formula is C18H22N2O4S. The van der Waals surface area contributed by atoms with E-state index in [-0.39, 0.29) is 24.9 Å². The molecular weight excluding hydrogens is 340 g/mol. The Morgan fingerprint density at radius 3 is 2.60 bits per heavy atom. The van der Waals surface area contributed by atoms with Crippen LogP contribution < -0.4 is 4.72 Å². The summed E-state index contributed by atoms with van der Waals surface area (Å²) in [6.07, 6.45) is 3.13. The van der Waals surface area contributed by atoms with Gasteiger partial charge in [-0.2, -0.15) is 0 Å². The molecule has 0 spiro atoms. The SMILES string of the molecule is CC(c1ccco1)N(C)C(=O)CCNS(=O)(=O)/C=C/c1ccccc1. The Labute approximate surface area is 148 Å². The van der Waals surface area contributed by atoms with Gasteiger partial charge < -0.3 is 9.32 Å². The Hall–Kier alpha value is -2.38. The van der Waals surface area contributed by atoms with Crippen molar-refractivity contribution in [2.24, 2.45) is 0 Å². The molecule has 2 aromatic rings. The zero-order valence-electron chi connectivity index (χ0n) is 14.3. The third-order valence-electron chi connectivity index (χ3n) is 3.81. The summed E-state index contributed by atoms with van der Waals surface area (Å²) in [5, 5.41) is 1.10. The van der Waals surface area contributed by atoms with E-state index in [4.69, 9.17) is 4.42 Å². The first-order chi connectivity index (χ1) is 11.9. The lowest BCUT2D eigenvalue weighted by molar-refractivity contribution is -0.131. The average molecular weight is 362 g/mol. The molecule has 6 nitrogen and oxygen atoms in total. The van der Waals surface area contributed by atoms with Gasteiger partial charge >= 0.3 is 0 Å². The number of hydrogen-bond donors (Lipinski definition) is 1. The van der Waals surface area contributed by atoms with Gasteiger partial charge in [0.05, 0.1) is 12.3 Å². The van der Waals surface area contributed by atoms with Gasteiger partial charge in [-0.25, -0.2) is 13.1 Å². The summed E-state index contributed by atoms with van der Waals surface area (Å²) >= 11 is 0. The molecule has 25 heavy (non-hydrogen) atoms. The minimum absolute atomic E-state index is 0.0372. The van der Waals surface area contributed by atoms with Gasteiger partial charge in [-0.05, 0) is 30.7 Å². The number of sulfonamides is 1. The van der Waals surface area contributed by atoms with Gasteiger partial charge in [-0.15, -0.1) is 0 Å². The molecule has 0 saturated heterocycles. The first-order valence-electron chi connectivity index (χ1n) is 7.91. The van der Waals surface area contributed by atoms with Crippen LogP contribution in [0.25, 0.3) is 6.08 Å². The predicted octanol–water partition coefficient (Wildman–Crippen LogP) is 2.78. The molecule has 1 atom stereocenters. The highest BCUT2D eigenvalue weighted by Crippen LogP contribution is 2.19. The highest BCUT2D eigenvalue weighted by molar-refractivity contribution is 7.92. The Morgan fingerprint density at radius 2 is 1.96 bits per heavy atom. The van der Waals surface area contributed by atoms with Gasteiger partial charge in [0.25, 0.3) is 0 Å². The lowest BCUT2D eigenvalue weighted by Gasteiger charge is -2.23. The fraction of sp³-hybridized carbons (Fsp3) is 0.278. The fourth-order valence-electron chi connectivity index (χ4n) is 2.19. The molecule has 1 heterocycles. The van der Waals surface area contributed by atoms with Crippen LogP contribution in [0, 0.1) is 0 Å². The summed E-state index contributed by atoms with van der Waals surface area (Å²) in [5.41, 5.74) is 0.788. The minimum Gasteiger partial charge on any atom is -0.467 e. The molecule has 0 radical (unpaired) electrons. The van der Waals surface area contributed by atoms with Crippen molar-refractivity contribution in [1.29, 1.82) is 0 Å². The Balaban J connectivity index is 1.82. The largest absolute Gasteiger partial charge is 0.467 e. The molecule has 0 aliphatic rings. The van der Waals surface area contributed by atoms with Crippen molar-refractivity contribution in [3.05, 3.63) is 65.5 Å². The average Bonchev–Trinajstić information content (AvgIpc) is 3.14. The highest BCUT2D eigenvalue weighted by Gasteiger charge is 2.19. The van der Waals surface area contributed by atoms with Gasteiger partial charge in [-0.1, -0.05) is 30.3 Å². The summed E-state index contributed by atoms with van der Waals surface area (Å²) in [6.45, 7) is 1.89. The second kappa shape index (κ2) is 8.64. The zero-order chi connectivity index (χ0) is 18.3. The van der Waals surface area contributed by atoms with E-state index in [1.54, 1.807) is 37.6 Å². The summed E-state index contributed by atoms with van der Waals surface area (Å²) in [4.78, 5) is 13.7. The van der Waals surface area contributed by atoms with E-state index >= 15 is 0 Å². The maximum absolute atomic E-state index is 12.2. The Bertz CT molecular complexity index is 799. The van der Waals surface area contributed by atoms with Crippen molar-refractivity contribution in [2.45, 2.75) is 19.4 Å². The molecule has 7 heteroatoms. The molecule has 1 unspecified atom stereocenters. The topological polar surface area (TPSA) is 79.6 Å². The van der Waals surface area contributed by atoms with Gasteiger partial charge in [0.15, 0.2) is 0 Å². The first-order valence-corrected chi connectivity index (χ1v) is 9.45. The summed E-state index contributed by atoms with van der Waals surface area (Å²) in [5.74, 6) is 0.515. The minimum atomic E-state index is -3.58. The summed E-state index contributed by atoms with van der Waals surface area (Å²) < 4.78 is 31.6. The van der Waals surface area contributed by atoms with Crippen LogP contribution in [0.3, 0.4) is 0 Å². The monoisotopic (exact) mass is 362 g/mol. The normalized spacial score (nSPS) is 13.0. The molecule has 134 valence electrons. The van der Waals surface area contributed by atoms with E-state index in [9.17, 15) is 13.2 Å². The highest BCUT2D eigenvalue weighted by atomic mass is 32.2. The molecule has 1 aromatic heterocycles. The van der Waals surface area contributed by atoms with Crippen LogP contribution in [0.1, 0.15) is 30.7 Å². The Morgan fingerprint density at radius 1 is 1.24 bits per heavy atom. The van der Waals surface area contributed by atoms with Gasteiger partial charge in [0.2, 0.25) is 15.9 Å². The van der Waals surface area contributed by atoms with E-state index in [1.807, 2.05) is 25.1 Å². The van der Waals surface area contributed by atoms with Crippen LogP contribution in [-0.4, -0.2) is 32.8 Å². The first kappa shape index (κ1) is 19.0.